The van der Waals surface area contributed by atoms with Crippen molar-refractivity contribution in [3.8, 4) is 0 Å². The van der Waals surface area contributed by atoms with E-state index in [1.165, 1.54) is 52.4 Å². The van der Waals surface area contributed by atoms with E-state index in [-0.39, 0.29) is 10.9 Å². The number of hydrogen-bond donors (Lipinski definition) is 0. The second kappa shape index (κ2) is 8.39. The highest BCUT2D eigenvalue weighted by atomic mass is 32.2. The molecule has 0 saturated heterocycles. The lowest BCUT2D eigenvalue weighted by Gasteiger charge is -2.22. The van der Waals surface area contributed by atoms with Gasteiger partial charge in [-0.05, 0) is 67.7 Å². The van der Waals surface area contributed by atoms with Gasteiger partial charge in [0.15, 0.2) is 14.7 Å². The van der Waals surface area contributed by atoms with E-state index < -0.39 is 0 Å². The van der Waals surface area contributed by atoms with Crippen LogP contribution in [0, 0.1) is 0 Å². The zero-order valence-corrected chi connectivity index (χ0v) is 15.4. The summed E-state index contributed by atoms with van der Waals surface area (Å²) in [6.07, 6.45) is 11.1. The van der Waals surface area contributed by atoms with Crippen molar-refractivity contribution in [3.05, 3.63) is 83.8 Å². The van der Waals surface area contributed by atoms with Gasteiger partial charge in [-0.25, -0.2) is 0 Å². The minimum Gasteiger partial charge on any atom is -0.0941 e. The second-order valence-corrected chi connectivity index (χ2v) is 8.44. The fraction of sp³-hybridized carbons (Fsp3) is 0.304. The summed E-state index contributed by atoms with van der Waals surface area (Å²) < 4.78 is 0. The summed E-state index contributed by atoms with van der Waals surface area (Å²) in [7, 11) is -0.0592. The lowest BCUT2D eigenvalue weighted by molar-refractivity contribution is 0.443. The molecule has 1 saturated carbocycles. The van der Waals surface area contributed by atoms with Crippen molar-refractivity contribution in [2.75, 3.05) is 0 Å². The number of rotatable bonds is 5. The third-order valence-electron chi connectivity index (χ3n) is 4.89. The molecule has 1 atom stereocenters. The third kappa shape index (κ3) is 3.84. The second-order valence-electron chi connectivity index (χ2n) is 6.42. The van der Waals surface area contributed by atoms with Crippen LogP contribution in [0.25, 0.3) is 0 Å². The average Bonchev–Trinajstić information content (AvgIpc) is 2.67. The predicted octanol–water partition coefficient (Wildman–Crippen LogP) is 6.86. The molecular formula is C23H27S+. The van der Waals surface area contributed by atoms with E-state index in [1.807, 2.05) is 6.08 Å². The van der Waals surface area contributed by atoms with E-state index in [9.17, 15) is 0 Å². The lowest BCUT2D eigenvalue weighted by Crippen LogP contribution is -2.07. The first kappa shape index (κ1) is 17.1. The molecule has 1 heteroatoms. The molecule has 0 N–H and O–H groups in total. The first-order chi connectivity index (χ1) is 11.8. The van der Waals surface area contributed by atoms with Crippen LogP contribution >= 0.6 is 0 Å². The molecule has 1 aliphatic rings. The topological polar surface area (TPSA) is 0 Å². The molecule has 1 fully saturated rings. The molecule has 24 heavy (non-hydrogen) atoms. The summed E-state index contributed by atoms with van der Waals surface area (Å²) in [6.45, 7) is 6.14. The van der Waals surface area contributed by atoms with E-state index in [4.69, 9.17) is 0 Å². The molecule has 124 valence electrons. The molecular weight excluding hydrogens is 308 g/mol. The van der Waals surface area contributed by atoms with Crippen LogP contribution in [0.4, 0.5) is 0 Å². The molecule has 0 aliphatic heterocycles. The minimum absolute atomic E-state index is 0.0592. The molecule has 1 aliphatic carbocycles. The highest BCUT2D eigenvalue weighted by molar-refractivity contribution is 8.00. The number of benzene rings is 2. The molecule has 0 radical (unpaired) electrons. The molecule has 0 amide bonds. The smallest absolute Gasteiger partial charge is 0.0941 e. The highest BCUT2D eigenvalue weighted by Gasteiger charge is 2.29. The SMILES string of the molecule is C=C/C(=C\C)[S+](c1ccccc1)c1ccc(C2CCCCC2)cc1. The van der Waals surface area contributed by atoms with Crippen LogP contribution in [-0.4, -0.2) is 0 Å². The lowest BCUT2D eigenvalue weighted by atomic mass is 9.84. The Morgan fingerprint density at radius 1 is 0.917 bits per heavy atom. The summed E-state index contributed by atoms with van der Waals surface area (Å²) in [5.41, 5.74) is 1.52. The Hall–Kier alpha value is -1.73. The van der Waals surface area contributed by atoms with Gasteiger partial charge >= 0.3 is 0 Å². The Kier molecular flexibility index (Phi) is 5.98. The fourth-order valence-corrected chi connectivity index (χ4v) is 5.65. The average molecular weight is 336 g/mol. The molecule has 0 heterocycles. The minimum atomic E-state index is -0.0592. The van der Waals surface area contributed by atoms with Crippen molar-refractivity contribution in [1.82, 2.24) is 0 Å². The van der Waals surface area contributed by atoms with Crippen LogP contribution in [0.15, 0.2) is 88.0 Å². The molecule has 0 spiro atoms. The summed E-state index contributed by atoms with van der Waals surface area (Å²) in [4.78, 5) is 4.04. The van der Waals surface area contributed by atoms with Crippen molar-refractivity contribution < 1.29 is 0 Å². The van der Waals surface area contributed by atoms with Crippen LogP contribution in [0.1, 0.15) is 50.5 Å². The van der Waals surface area contributed by atoms with Crippen LogP contribution in [0.5, 0.6) is 0 Å². The van der Waals surface area contributed by atoms with E-state index >= 15 is 0 Å². The normalized spacial score (nSPS) is 17.5. The van der Waals surface area contributed by atoms with Gasteiger partial charge in [0, 0.05) is 0 Å². The van der Waals surface area contributed by atoms with Crippen LogP contribution in [0.2, 0.25) is 0 Å². The maximum atomic E-state index is 4.03. The zero-order valence-electron chi connectivity index (χ0n) is 14.6. The van der Waals surface area contributed by atoms with Gasteiger partial charge in [0.1, 0.15) is 0 Å². The third-order valence-corrected chi connectivity index (χ3v) is 7.25. The molecule has 0 bridgehead atoms. The van der Waals surface area contributed by atoms with E-state index in [2.05, 4.69) is 74.2 Å². The van der Waals surface area contributed by atoms with Gasteiger partial charge in [-0.2, -0.15) is 0 Å². The number of allylic oxidation sites excluding steroid dienone is 2. The maximum absolute atomic E-state index is 4.03. The Bertz CT molecular complexity index is 676. The van der Waals surface area contributed by atoms with E-state index in [1.54, 1.807) is 0 Å². The monoisotopic (exact) mass is 335 g/mol. The summed E-state index contributed by atoms with van der Waals surface area (Å²) >= 11 is 0. The quantitative estimate of drug-likeness (QED) is 0.413. The highest BCUT2D eigenvalue weighted by Crippen LogP contribution is 2.35. The summed E-state index contributed by atoms with van der Waals surface area (Å²) in [5, 5.41) is 0. The van der Waals surface area contributed by atoms with Gasteiger partial charge in [0.25, 0.3) is 0 Å². The molecule has 2 aromatic rings. The largest absolute Gasteiger partial charge is 0.166 e. The molecule has 2 aromatic carbocycles. The maximum Gasteiger partial charge on any atom is 0.166 e. The van der Waals surface area contributed by atoms with Gasteiger partial charge in [-0.1, -0.05) is 56.2 Å². The Morgan fingerprint density at radius 3 is 2.12 bits per heavy atom. The van der Waals surface area contributed by atoms with Crippen LogP contribution in [-0.2, 0) is 10.9 Å². The fourth-order valence-electron chi connectivity index (χ4n) is 3.60. The van der Waals surface area contributed by atoms with Crippen molar-refractivity contribution in [2.24, 2.45) is 0 Å². The van der Waals surface area contributed by atoms with E-state index in [0.29, 0.717) is 0 Å². The van der Waals surface area contributed by atoms with Crippen molar-refractivity contribution in [3.63, 3.8) is 0 Å². The van der Waals surface area contributed by atoms with E-state index in [0.717, 1.165) is 5.92 Å². The standard InChI is InChI=1S/C23H27S/c1-3-21(4-2)24(22-13-9-6-10-14-22)23-17-15-20(16-18-23)19-11-7-5-8-12-19/h3-4,6,9-10,13-19H,1,5,7-8,11-12H2,2H3/q+1/b21-4+. The molecule has 3 rings (SSSR count). The van der Waals surface area contributed by atoms with Crippen molar-refractivity contribution >= 4 is 10.9 Å². The number of hydrogen-bond acceptors (Lipinski definition) is 0. The van der Waals surface area contributed by atoms with Crippen molar-refractivity contribution in [1.29, 1.82) is 0 Å². The van der Waals surface area contributed by atoms with Gasteiger partial charge in [-0.3, -0.25) is 0 Å². The van der Waals surface area contributed by atoms with Crippen molar-refractivity contribution in [2.45, 2.75) is 54.7 Å². The first-order valence-corrected chi connectivity index (χ1v) is 10.2. The Morgan fingerprint density at radius 2 is 1.54 bits per heavy atom. The molecule has 1 unspecified atom stereocenters. The molecule has 0 aromatic heterocycles. The predicted molar refractivity (Wildman–Crippen MR) is 107 cm³/mol. The first-order valence-electron chi connectivity index (χ1n) is 9.01. The van der Waals surface area contributed by atoms with Gasteiger partial charge in [0.05, 0.1) is 10.9 Å². The summed E-state index contributed by atoms with van der Waals surface area (Å²) in [6, 6.07) is 20.2. The summed E-state index contributed by atoms with van der Waals surface area (Å²) in [5.74, 6) is 0.770. The Balaban J connectivity index is 1.91. The molecule has 0 nitrogen and oxygen atoms in total. The van der Waals surface area contributed by atoms with Crippen LogP contribution in [0.3, 0.4) is 0 Å². The van der Waals surface area contributed by atoms with Crippen LogP contribution < -0.4 is 0 Å². The van der Waals surface area contributed by atoms with Gasteiger partial charge in [0.2, 0.25) is 0 Å². The van der Waals surface area contributed by atoms with Gasteiger partial charge < -0.3 is 0 Å². The van der Waals surface area contributed by atoms with Gasteiger partial charge in [-0.15, -0.1) is 0 Å². The zero-order chi connectivity index (χ0) is 16.8. The Labute approximate surface area is 149 Å².